The summed E-state index contributed by atoms with van der Waals surface area (Å²) in [6, 6.07) is 0. The van der Waals surface area contributed by atoms with Crippen molar-refractivity contribution < 1.29 is 73.5 Å². The molecule has 0 rings (SSSR count). The van der Waals surface area contributed by atoms with E-state index in [0.717, 1.165) is 4.67 Å². The first-order valence-corrected chi connectivity index (χ1v) is 3.71. The molecule has 0 saturated carbocycles. The molecule has 0 heterocycles. The summed E-state index contributed by atoms with van der Waals surface area (Å²) in [4.78, 5) is 19.9. The van der Waals surface area contributed by atoms with Crippen molar-refractivity contribution in [3.8, 4) is 0 Å². The predicted octanol–water partition coefficient (Wildman–Crippen LogP) is -7.23. The van der Waals surface area contributed by atoms with E-state index in [9.17, 15) is 14.4 Å². The molecule has 0 bridgehead atoms. The van der Waals surface area contributed by atoms with Crippen LogP contribution in [0.15, 0.2) is 0 Å². The van der Waals surface area contributed by atoms with E-state index in [2.05, 4.69) is 0 Å². The molecule has 50 valence electrons. The molecule has 0 aromatic rings. The van der Waals surface area contributed by atoms with Crippen molar-refractivity contribution in [2.75, 3.05) is 13.6 Å². The van der Waals surface area contributed by atoms with Gasteiger partial charge in [-0.25, -0.2) is 0 Å². The number of hydrogen-bond acceptors (Lipinski definition) is 3. The van der Waals surface area contributed by atoms with E-state index in [1.807, 2.05) is 0 Å². The van der Waals surface area contributed by atoms with E-state index >= 15 is 0 Å². The van der Waals surface area contributed by atoms with Gasteiger partial charge in [0.25, 0.3) is 0 Å². The zero-order valence-electron chi connectivity index (χ0n) is 6.83. The van der Waals surface area contributed by atoms with Gasteiger partial charge in [0.2, 0.25) is 0 Å². The maximum Gasteiger partial charge on any atom is 1.00 e. The second-order valence-corrected chi connectivity index (χ2v) is 3.06. The third-order valence-corrected chi connectivity index (χ3v) is 1.99. The Bertz CT molecular complexity index is 116. The zero-order chi connectivity index (χ0) is 6.78. The summed E-state index contributed by atoms with van der Waals surface area (Å²) in [6.45, 7) is 1.84. The van der Waals surface area contributed by atoms with Crippen molar-refractivity contribution in [3.05, 3.63) is 0 Å². The first kappa shape index (κ1) is 18.0. The van der Waals surface area contributed by atoms with Gasteiger partial charge in [0.1, 0.15) is 0 Å². The zero-order valence-corrected chi connectivity index (χ0v) is 11.7. The molecule has 0 amide bonds. The molecule has 0 unspecified atom stereocenters. The van der Waals surface area contributed by atoms with Crippen LogP contribution in [-0.2, 0) is 4.57 Å². The Kier molecular flexibility index (Phi) is 13.9. The molecule has 0 spiro atoms. The summed E-state index contributed by atoms with van der Waals surface area (Å²) in [5, 5.41) is 0. The SMILES string of the molecule is CCN(C)P(=O)([O-])[O-].[Na+].[Na+]. The Morgan fingerprint density at radius 1 is 1.40 bits per heavy atom. The van der Waals surface area contributed by atoms with Crippen LogP contribution in [0.4, 0.5) is 0 Å². The summed E-state index contributed by atoms with van der Waals surface area (Å²) in [5.41, 5.74) is 0. The summed E-state index contributed by atoms with van der Waals surface area (Å²) < 4.78 is 10.7. The predicted molar refractivity (Wildman–Crippen MR) is 25.9 cm³/mol. The van der Waals surface area contributed by atoms with Crippen LogP contribution in [0.5, 0.6) is 0 Å². The first-order chi connectivity index (χ1) is 3.48. The van der Waals surface area contributed by atoms with Crippen LogP contribution in [0.2, 0.25) is 0 Å². The van der Waals surface area contributed by atoms with E-state index in [1.54, 1.807) is 6.92 Å². The summed E-state index contributed by atoms with van der Waals surface area (Å²) in [6.07, 6.45) is 0. The molecule has 0 atom stereocenters. The monoisotopic (exact) mass is 183 g/mol. The van der Waals surface area contributed by atoms with Crippen LogP contribution in [0.1, 0.15) is 6.92 Å². The number of rotatable bonds is 2. The largest absolute Gasteiger partial charge is 1.00 e. The fourth-order valence-electron chi connectivity index (χ4n) is 0.173. The molecule has 0 radical (unpaired) electrons. The third kappa shape index (κ3) is 8.21. The van der Waals surface area contributed by atoms with Crippen LogP contribution in [-0.4, -0.2) is 18.3 Å². The Hall–Kier alpha value is 2.11. The normalized spacial score (nSPS) is 10.1. The van der Waals surface area contributed by atoms with Crippen LogP contribution in [0, 0.1) is 0 Å². The van der Waals surface area contributed by atoms with Gasteiger partial charge in [-0.15, -0.1) is 0 Å². The van der Waals surface area contributed by atoms with Crippen LogP contribution in [0.3, 0.4) is 0 Å². The summed E-state index contributed by atoms with van der Waals surface area (Å²) in [7, 11) is -3.17. The Labute approximate surface area is 105 Å². The summed E-state index contributed by atoms with van der Waals surface area (Å²) in [5.74, 6) is 0. The quantitative estimate of drug-likeness (QED) is 0.315. The molecule has 0 N–H and O–H groups in total. The minimum Gasteiger partial charge on any atom is -0.799 e. The van der Waals surface area contributed by atoms with E-state index in [-0.39, 0.29) is 65.7 Å². The van der Waals surface area contributed by atoms with Crippen molar-refractivity contribution in [2.24, 2.45) is 0 Å². The van der Waals surface area contributed by atoms with Crippen molar-refractivity contribution in [2.45, 2.75) is 6.92 Å². The molecule has 0 aromatic heterocycles. The summed E-state index contributed by atoms with van der Waals surface area (Å²) >= 11 is 0. The average Bonchev–Trinajstić information content (AvgIpc) is 1.62. The standard InChI is InChI=1S/C3H10NO3P.2Na/c1-3-4(2)8(5,6)7;;/h3H2,1-2H3,(H2,5,6,7);;/q;2*+1/p-2. The Morgan fingerprint density at radius 2 is 1.70 bits per heavy atom. The molecule has 4 nitrogen and oxygen atoms in total. The molecule has 0 aromatic carbocycles. The molecular formula is C3H8NNa2O3P. The topological polar surface area (TPSA) is 66.4 Å². The minimum absolute atomic E-state index is 0. The smallest absolute Gasteiger partial charge is 0.799 e. The Balaban J connectivity index is -0.000000245. The van der Waals surface area contributed by atoms with Gasteiger partial charge in [-0.05, 0) is 21.3 Å². The number of nitrogens with zero attached hydrogens (tertiary/aromatic N) is 1. The molecule has 0 fully saturated rings. The molecule has 0 aliphatic rings. The van der Waals surface area contributed by atoms with E-state index in [0.29, 0.717) is 0 Å². The molecule has 7 heteroatoms. The molecular weight excluding hydrogens is 175 g/mol. The van der Waals surface area contributed by atoms with Gasteiger partial charge in [-0.1, -0.05) is 6.92 Å². The van der Waals surface area contributed by atoms with Gasteiger partial charge in [0, 0.05) is 0 Å². The second kappa shape index (κ2) is 7.74. The van der Waals surface area contributed by atoms with Crippen LogP contribution >= 0.6 is 7.75 Å². The molecule has 10 heavy (non-hydrogen) atoms. The Morgan fingerprint density at radius 3 is 1.70 bits per heavy atom. The molecule has 0 saturated heterocycles. The van der Waals surface area contributed by atoms with E-state index < -0.39 is 7.75 Å². The van der Waals surface area contributed by atoms with Crippen molar-refractivity contribution in [3.63, 3.8) is 0 Å². The maximum atomic E-state index is 9.96. The van der Waals surface area contributed by atoms with Gasteiger partial charge in [0.05, 0.1) is 0 Å². The van der Waals surface area contributed by atoms with Crippen molar-refractivity contribution >= 4 is 7.75 Å². The van der Waals surface area contributed by atoms with Crippen molar-refractivity contribution in [1.29, 1.82) is 0 Å². The van der Waals surface area contributed by atoms with E-state index in [1.165, 1.54) is 7.05 Å². The minimum atomic E-state index is -4.42. The fraction of sp³-hybridized carbons (Fsp3) is 1.00. The average molecular weight is 183 g/mol. The maximum absolute atomic E-state index is 9.96. The fourth-order valence-corrected chi connectivity index (χ4v) is 0.520. The second-order valence-electron chi connectivity index (χ2n) is 1.44. The van der Waals surface area contributed by atoms with Crippen molar-refractivity contribution in [1.82, 2.24) is 4.67 Å². The first-order valence-electron chi connectivity index (χ1n) is 2.22. The number of hydrogen-bond donors (Lipinski definition) is 0. The molecule has 0 aliphatic carbocycles. The third-order valence-electron chi connectivity index (χ3n) is 0.876. The van der Waals surface area contributed by atoms with Gasteiger partial charge in [-0.2, -0.15) is 0 Å². The van der Waals surface area contributed by atoms with Crippen LogP contribution < -0.4 is 68.9 Å². The van der Waals surface area contributed by atoms with Gasteiger partial charge in [0.15, 0.2) is 0 Å². The van der Waals surface area contributed by atoms with Gasteiger partial charge in [-0.3, -0.25) is 4.67 Å². The van der Waals surface area contributed by atoms with E-state index in [4.69, 9.17) is 0 Å². The van der Waals surface area contributed by atoms with Crippen LogP contribution in [0.25, 0.3) is 0 Å². The van der Waals surface area contributed by atoms with Gasteiger partial charge >= 0.3 is 59.1 Å². The molecule has 0 aliphatic heterocycles. The van der Waals surface area contributed by atoms with Gasteiger partial charge < -0.3 is 14.4 Å².